The molecule has 0 aliphatic heterocycles. The van der Waals surface area contributed by atoms with Crippen molar-refractivity contribution in [1.29, 1.82) is 0 Å². The summed E-state index contributed by atoms with van der Waals surface area (Å²) in [6, 6.07) is 0.241. The highest BCUT2D eigenvalue weighted by molar-refractivity contribution is 5.69. The summed E-state index contributed by atoms with van der Waals surface area (Å²) < 4.78 is 5.20. The second-order valence-electron chi connectivity index (χ2n) is 6.87. The summed E-state index contributed by atoms with van der Waals surface area (Å²) >= 11 is 0. The van der Waals surface area contributed by atoms with Gasteiger partial charge in [-0.2, -0.15) is 0 Å². The van der Waals surface area contributed by atoms with Crippen molar-refractivity contribution in [3.05, 3.63) is 0 Å². The summed E-state index contributed by atoms with van der Waals surface area (Å²) in [6.07, 6.45) is 17.9. The van der Waals surface area contributed by atoms with Crippen molar-refractivity contribution in [3.8, 4) is 0 Å². The predicted octanol–water partition coefficient (Wildman–Crippen LogP) is 5.62. The number of nitrogens with one attached hydrogen (secondary N) is 1. The van der Waals surface area contributed by atoms with Crippen molar-refractivity contribution in [2.24, 2.45) is 0 Å². The minimum atomic E-state index is -0.0461. The summed E-state index contributed by atoms with van der Waals surface area (Å²) in [5, 5.41) is 3.06. The van der Waals surface area contributed by atoms with Gasteiger partial charge >= 0.3 is 5.97 Å². The van der Waals surface area contributed by atoms with E-state index in [1.807, 2.05) is 14.0 Å². The van der Waals surface area contributed by atoms with E-state index in [1.165, 1.54) is 70.6 Å². The number of hydrogen-bond acceptors (Lipinski definition) is 3. The molecule has 0 spiro atoms. The maximum atomic E-state index is 11.5. The number of hydrogen-bond donors (Lipinski definition) is 1. The number of likely N-dealkylation sites (N-methyl/N-ethyl adjacent to an activating group) is 1. The molecule has 0 rings (SSSR count). The molecule has 0 saturated carbocycles. The van der Waals surface area contributed by atoms with Crippen molar-refractivity contribution >= 4 is 5.97 Å². The van der Waals surface area contributed by atoms with Gasteiger partial charge in [0.05, 0.1) is 0 Å². The van der Waals surface area contributed by atoms with Crippen LogP contribution in [-0.4, -0.2) is 25.7 Å². The van der Waals surface area contributed by atoms with E-state index in [9.17, 15) is 4.79 Å². The molecule has 1 atom stereocenters. The molecule has 0 bridgehead atoms. The third kappa shape index (κ3) is 17.6. The van der Waals surface area contributed by atoms with Crippen LogP contribution in [-0.2, 0) is 9.53 Å². The summed E-state index contributed by atoms with van der Waals surface area (Å²) in [5.41, 5.74) is 0. The van der Waals surface area contributed by atoms with Crippen LogP contribution in [0.2, 0.25) is 0 Å². The summed E-state index contributed by atoms with van der Waals surface area (Å²) in [6.45, 7) is 4.76. The van der Waals surface area contributed by atoms with Crippen LogP contribution in [0.3, 0.4) is 0 Å². The molecule has 3 heteroatoms. The van der Waals surface area contributed by atoms with Crippen LogP contribution in [0.1, 0.15) is 104 Å². The van der Waals surface area contributed by atoms with Crippen molar-refractivity contribution in [2.75, 3.05) is 13.7 Å². The molecular weight excluding hydrogens is 286 g/mol. The van der Waals surface area contributed by atoms with Crippen LogP contribution in [0.5, 0.6) is 0 Å². The lowest BCUT2D eigenvalue weighted by Gasteiger charge is -2.10. The fourth-order valence-corrected chi connectivity index (χ4v) is 2.66. The Kier molecular flexibility index (Phi) is 17.3. The van der Waals surface area contributed by atoms with E-state index in [0.29, 0.717) is 13.0 Å². The summed E-state index contributed by atoms with van der Waals surface area (Å²) in [5.74, 6) is -0.0461. The average Bonchev–Trinajstić information content (AvgIpc) is 2.56. The molecule has 0 heterocycles. The smallest absolute Gasteiger partial charge is 0.305 e. The fraction of sp³-hybridized carbons (Fsp3) is 0.950. The fourth-order valence-electron chi connectivity index (χ4n) is 2.66. The quantitative estimate of drug-likeness (QED) is 0.278. The Labute approximate surface area is 144 Å². The molecule has 1 unspecified atom stereocenters. The Balaban J connectivity index is 3.14. The highest BCUT2D eigenvalue weighted by Crippen LogP contribution is 2.13. The van der Waals surface area contributed by atoms with Crippen LogP contribution in [0, 0.1) is 0 Å². The summed E-state index contributed by atoms with van der Waals surface area (Å²) in [7, 11) is 1.88. The number of rotatable bonds is 17. The first-order valence-corrected chi connectivity index (χ1v) is 10.0. The average molecular weight is 328 g/mol. The van der Waals surface area contributed by atoms with Gasteiger partial charge in [0.25, 0.3) is 0 Å². The van der Waals surface area contributed by atoms with Crippen LogP contribution < -0.4 is 5.32 Å². The second kappa shape index (κ2) is 17.8. The molecule has 0 aromatic heterocycles. The van der Waals surface area contributed by atoms with Gasteiger partial charge in [-0.1, -0.05) is 84.0 Å². The molecule has 0 aliphatic carbocycles. The Morgan fingerprint density at radius 1 is 0.826 bits per heavy atom. The van der Waals surface area contributed by atoms with Gasteiger partial charge in [0.15, 0.2) is 0 Å². The highest BCUT2D eigenvalue weighted by atomic mass is 16.5. The third-order valence-electron chi connectivity index (χ3n) is 4.47. The first-order chi connectivity index (χ1) is 11.2. The van der Waals surface area contributed by atoms with Crippen LogP contribution in [0.4, 0.5) is 0 Å². The topological polar surface area (TPSA) is 38.3 Å². The van der Waals surface area contributed by atoms with Crippen LogP contribution >= 0.6 is 0 Å². The number of ether oxygens (including phenoxy) is 1. The van der Waals surface area contributed by atoms with E-state index >= 15 is 0 Å². The van der Waals surface area contributed by atoms with E-state index in [4.69, 9.17) is 4.74 Å². The van der Waals surface area contributed by atoms with Gasteiger partial charge in [-0.15, -0.1) is 0 Å². The van der Waals surface area contributed by atoms with Crippen molar-refractivity contribution in [1.82, 2.24) is 5.32 Å². The van der Waals surface area contributed by atoms with Gasteiger partial charge in [-0.05, 0) is 20.4 Å². The van der Waals surface area contributed by atoms with E-state index in [-0.39, 0.29) is 12.0 Å². The van der Waals surface area contributed by atoms with Crippen molar-refractivity contribution in [2.45, 2.75) is 110 Å². The molecule has 23 heavy (non-hydrogen) atoms. The Morgan fingerprint density at radius 3 is 1.70 bits per heavy atom. The van der Waals surface area contributed by atoms with E-state index in [2.05, 4.69) is 12.2 Å². The lowest BCUT2D eigenvalue weighted by molar-refractivity contribution is -0.144. The molecule has 0 aliphatic rings. The highest BCUT2D eigenvalue weighted by Gasteiger charge is 2.05. The molecule has 3 nitrogen and oxygen atoms in total. The molecule has 0 amide bonds. The van der Waals surface area contributed by atoms with Gasteiger partial charge in [-0.3, -0.25) is 4.79 Å². The number of carbonyl (C=O) groups excluding carboxylic acids is 1. The maximum absolute atomic E-state index is 11.5. The van der Waals surface area contributed by atoms with Gasteiger partial charge in [0.2, 0.25) is 0 Å². The van der Waals surface area contributed by atoms with Gasteiger partial charge in [-0.25, -0.2) is 0 Å². The summed E-state index contributed by atoms with van der Waals surface area (Å²) in [4.78, 5) is 11.5. The minimum Gasteiger partial charge on any atom is -0.464 e. The molecule has 0 aromatic rings. The van der Waals surface area contributed by atoms with Crippen molar-refractivity contribution < 1.29 is 9.53 Å². The first kappa shape index (κ1) is 22.4. The Hall–Kier alpha value is -0.570. The standard InChI is InChI=1S/C20H41NO2/c1-4-5-6-7-8-9-10-11-12-13-14-15-16-17-20(22)23-18-19(2)21-3/h19,21H,4-18H2,1-3H3. The third-order valence-corrected chi connectivity index (χ3v) is 4.47. The number of unbranched alkanes of at least 4 members (excludes halogenated alkanes) is 12. The lowest BCUT2D eigenvalue weighted by Crippen LogP contribution is -2.28. The molecular formula is C20H41NO2. The minimum absolute atomic E-state index is 0.0461. The zero-order valence-corrected chi connectivity index (χ0v) is 16.0. The van der Waals surface area contributed by atoms with E-state index < -0.39 is 0 Å². The zero-order chi connectivity index (χ0) is 17.2. The monoisotopic (exact) mass is 327 g/mol. The normalized spacial score (nSPS) is 12.3. The molecule has 0 saturated heterocycles. The zero-order valence-electron chi connectivity index (χ0n) is 16.0. The van der Waals surface area contributed by atoms with Gasteiger partial charge < -0.3 is 10.1 Å². The van der Waals surface area contributed by atoms with Crippen LogP contribution in [0.15, 0.2) is 0 Å². The Bertz CT molecular complexity index is 256. The molecule has 0 aromatic carbocycles. The number of esters is 1. The molecule has 0 radical (unpaired) electrons. The van der Waals surface area contributed by atoms with E-state index in [0.717, 1.165) is 12.8 Å². The van der Waals surface area contributed by atoms with Gasteiger partial charge in [0, 0.05) is 12.5 Å². The Morgan fingerprint density at radius 2 is 1.26 bits per heavy atom. The molecule has 0 fully saturated rings. The maximum Gasteiger partial charge on any atom is 0.305 e. The first-order valence-electron chi connectivity index (χ1n) is 10.0. The molecule has 1 N–H and O–H groups in total. The predicted molar refractivity (Wildman–Crippen MR) is 99.8 cm³/mol. The lowest BCUT2D eigenvalue weighted by atomic mass is 10.0. The molecule has 138 valence electrons. The SMILES string of the molecule is CCCCCCCCCCCCCCCC(=O)OCC(C)NC. The largest absolute Gasteiger partial charge is 0.464 e. The van der Waals surface area contributed by atoms with E-state index in [1.54, 1.807) is 0 Å². The van der Waals surface area contributed by atoms with Crippen molar-refractivity contribution in [3.63, 3.8) is 0 Å². The second-order valence-corrected chi connectivity index (χ2v) is 6.87. The van der Waals surface area contributed by atoms with Crippen LogP contribution in [0.25, 0.3) is 0 Å². The number of carbonyl (C=O) groups is 1. The van der Waals surface area contributed by atoms with Gasteiger partial charge in [0.1, 0.15) is 6.61 Å².